The van der Waals surface area contributed by atoms with Gasteiger partial charge in [0, 0.05) is 25.0 Å². The van der Waals surface area contributed by atoms with E-state index in [-0.39, 0.29) is 5.38 Å². The lowest BCUT2D eigenvalue weighted by molar-refractivity contribution is 0.284. The van der Waals surface area contributed by atoms with Crippen LogP contribution in [-0.4, -0.2) is 37.7 Å². The summed E-state index contributed by atoms with van der Waals surface area (Å²) in [6.07, 6.45) is 4.91. The first-order valence-electron chi connectivity index (χ1n) is 6.86. The van der Waals surface area contributed by atoms with Crippen LogP contribution in [0.2, 0.25) is 0 Å². The quantitative estimate of drug-likeness (QED) is 0.806. The Morgan fingerprint density at radius 1 is 1.22 bits per heavy atom. The molecule has 1 aliphatic carbocycles. The minimum absolute atomic E-state index is 0.232. The van der Waals surface area contributed by atoms with Crippen LogP contribution in [0.4, 0.5) is 0 Å². The largest absolute Gasteiger partial charge is 0.279 e. The SMILES string of the molecule is CC1CCN(S(=O)(=O)NCC2CCC(Cl)C2)CC1. The van der Waals surface area contributed by atoms with Crippen LogP contribution < -0.4 is 4.72 Å². The van der Waals surface area contributed by atoms with Crippen molar-refractivity contribution in [1.82, 2.24) is 9.03 Å². The molecule has 0 aromatic heterocycles. The molecule has 2 rings (SSSR count). The van der Waals surface area contributed by atoms with Crippen molar-refractivity contribution >= 4 is 21.8 Å². The lowest BCUT2D eigenvalue weighted by atomic mass is 10.0. The van der Waals surface area contributed by atoms with Gasteiger partial charge < -0.3 is 0 Å². The van der Waals surface area contributed by atoms with Gasteiger partial charge in [-0.25, -0.2) is 4.72 Å². The summed E-state index contributed by atoms with van der Waals surface area (Å²) in [5.41, 5.74) is 0. The third-order valence-corrected chi connectivity index (χ3v) is 6.09. The summed E-state index contributed by atoms with van der Waals surface area (Å²) in [5, 5.41) is 0.232. The maximum atomic E-state index is 12.1. The number of alkyl halides is 1. The molecule has 0 aromatic carbocycles. The van der Waals surface area contributed by atoms with Gasteiger partial charge in [0.15, 0.2) is 0 Å². The molecule has 2 unspecified atom stereocenters. The Kier molecular flexibility index (Phi) is 4.92. The van der Waals surface area contributed by atoms with Gasteiger partial charge in [0.1, 0.15) is 0 Å². The summed E-state index contributed by atoms with van der Waals surface area (Å²) in [4.78, 5) is 0. The maximum Gasteiger partial charge on any atom is 0.279 e. The summed E-state index contributed by atoms with van der Waals surface area (Å²) < 4.78 is 28.6. The fourth-order valence-electron chi connectivity index (χ4n) is 2.74. The van der Waals surface area contributed by atoms with Crippen molar-refractivity contribution < 1.29 is 8.42 Å². The molecule has 4 nitrogen and oxygen atoms in total. The molecule has 1 N–H and O–H groups in total. The van der Waals surface area contributed by atoms with Gasteiger partial charge in [0.25, 0.3) is 10.2 Å². The van der Waals surface area contributed by atoms with Crippen LogP contribution in [0.1, 0.15) is 39.0 Å². The lowest BCUT2D eigenvalue weighted by Crippen LogP contribution is -2.45. The van der Waals surface area contributed by atoms with Crippen LogP contribution in [-0.2, 0) is 10.2 Å². The van der Waals surface area contributed by atoms with E-state index in [1.165, 1.54) is 0 Å². The van der Waals surface area contributed by atoms with Crippen LogP contribution in [0.25, 0.3) is 0 Å². The van der Waals surface area contributed by atoms with E-state index in [0.29, 0.717) is 31.5 Å². The Labute approximate surface area is 115 Å². The molecule has 0 amide bonds. The molecule has 0 aromatic rings. The average Bonchev–Trinajstić information content (AvgIpc) is 2.73. The van der Waals surface area contributed by atoms with Crippen molar-refractivity contribution in [3.05, 3.63) is 0 Å². The van der Waals surface area contributed by atoms with Gasteiger partial charge in [-0.05, 0) is 43.9 Å². The predicted molar refractivity (Wildman–Crippen MR) is 73.9 cm³/mol. The molecular weight excluding hydrogens is 272 g/mol. The van der Waals surface area contributed by atoms with Crippen molar-refractivity contribution in [2.75, 3.05) is 19.6 Å². The van der Waals surface area contributed by atoms with Crippen molar-refractivity contribution in [2.45, 2.75) is 44.4 Å². The normalized spacial score (nSPS) is 31.9. The van der Waals surface area contributed by atoms with E-state index in [2.05, 4.69) is 11.6 Å². The highest BCUT2D eigenvalue weighted by Crippen LogP contribution is 2.29. The molecule has 18 heavy (non-hydrogen) atoms. The molecule has 2 fully saturated rings. The second kappa shape index (κ2) is 6.07. The van der Waals surface area contributed by atoms with Crippen LogP contribution >= 0.6 is 11.6 Å². The zero-order chi connectivity index (χ0) is 13.2. The molecule has 0 radical (unpaired) electrons. The second-order valence-electron chi connectivity index (χ2n) is 5.71. The lowest BCUT2D eigenvalue weighted by Gasteiger charge is -2.29. The summed E-state index contributed by atoms with van der Waals surface area (Å²) in [6.45, 7) is 4.02. The molecule has 106 valence electrons. The molecule has 1 saturated carbocycles. The van der Waals surface area contributed by atoms with Gasteiger partial charge in [-0.15, -0.1) is 11.6 Å². The minimum Gasteiger partial charge on any atom is -0.202 e. The molecule has 0 spiro atoms. The third kappa shape index (κ3) is 3.83. The summed E-state index contributed by atoms with van der Waals surface area (Å²) in [7, 11) is -3.27. The van der Waals surface area contributed by atoms with Gasteiger partial charge in [-0.1, -0.05) is 6.92 Å². The highest BCUT2D eigenvalue weighted by molar-refractivity contribution is 7.87. The van der Waals surface area contributed by atoms with Crippen LogP contribution in [0, 0.1) is 11.8 Å². The number of nitrogens with zero attached hydrogens (tertiary/aromatic N) is 1. The number of hydrogen-bond acceptors (Lipinski definition) is 2. The summed E-state index contributed by atoms with van der Waals surface area (Å²) in [6, 6.07) is 0. The van der Waals surface area contributed by atoms with Crippen molar-refractivity contribution in [2.24, 2.45) is 11.8 Å². The number of rotatable bonds is 4. The minimum atomic E-state index is -3.27. The standard InChI is InChI=1S/C12H23ClN2O2S/c1-10-4-6-15(7-5-10)18(16,17)14-9-11-2-3-12(13)8-11/h10-12,14H,2-9H2,1H3. The molecule has 2 aliphatic rings. The van der Waals surface area contributed by atoms with Crippen molar-refractivity contribution in [3.8, 4) is 0 Å². The zero-order valence-electron chi connectivity index (χ0n) is 10.9. The zero-order valence-corrected chi connectivity index (χ0v) is 12.5. The van der Waals surface area contributed by atoms with E-state index in [1.807, 2.05) is 0 Å². The maximum absolute atomic E-state index is 12.1. The van der Waals surface area contributed by atoms with E-state index in [0.717, 1.165) is 32.1 Å². The van der Waals surface area contributed by atoms with E-state index in [1.54, 1.807) is 4.31 Å². The fraction of sp³-hybridized carbons (Fsp3) is 1.00. The summed E-state index contributed by atoms with van der Waals surface area (Å²) >= 11 is 6.03. The Balaban J connectivity index is 1.80. The first-order chi connectivity index (χ1) is 8.47. The van der Waals surface area contributed by atoms with Gasteiger partial charge in [-0.3, -0.25) is 0 Å². The van der Waals surface area contributed by atoms with E-state index in [4.69, 9.17) is 11.6 Å². The van der Waals surface area contributed by atoms with Gasteiger partial charge in [0.05, 0.1) is 0 Å². The van der Waals surface area contributed by atoms with E-state index < -0.39 is 10.2 Å². The molecular formula is C12H23ClN2O2S. The topological polar surface area (TPSA) is 49.4 Å². The summed E-state index contributed by atoms with van der Waals surface area (Å²) in [5.74, 6) is 1.05. The number of halogens is 1. The van der Waals surface area contributed by atoms with Crippen molar-refractivity contribution in [1.29, 1.82) is 0 Å². The predicted octanol–water partition coefficient (Wildman–Crippen LogP) is 1.96. The molecule has 1 heterocycles. The molecule has 1 saturated heterocycles. The van der Waals surface area contributed by atoms with Crippen LogP contribution in [0.15, 0.2) is 0 Å². The van der Waals surface area contributed by atoms with Gasteiger partial charge >= 0.3 is 0 Å². The highest BCUT2D eigenvalue weighted by Gasteiger charge is 2.28. The molecule has 1 aliphatic heterocycles. The third-order valence-electron chi connectivity index (χ3n) is 4.11. The Hall–Kier alpha value is 0.160. The van der Waals surface area contributed by atoms with Gasteiger partial charge in [-0.2, -0.15) is 12.7 Å². The first kappa shape index (κ1) is 14.6. The average molecular weight is 295 g/mol. The van der Waals surface area contributed by atoms with E-state index in [9.17, 15) is 8.42 Å². The second-order valence-corrected chi connectivity index (χ2v) is 8.08. The first-order valence-corrected chi connectivity index (χ1v) is 8.74. The monoisotopic (exact) mass is 294 g/mol. The molecule has 2 atom stereocenters. The smallest absolute Gasteiger partial charge is 0.202 e. The number of nitrogens with one attached hydrogen (secondary N) is 1. The van der Waals surface area contributed by atoms with Crippen LogP contribution in [0.3, 0.4) is 0 Å². The Morgan fingerprint density at radius 3 is 2.44 bits per heavy atom. The fourth-order valence-corrected chi connectivity index (χ4v) is 4.44. The highest BCUT2D eigenvalue weighted by atomic mass is 35.5. The Bertz CT molecular complexity index is 366. The molecule has 6 heteroatoms. The van der Waals surface area contributed by atoms with Crippen LogP contribution in [0.5, 0.6) is 0 Å². The van der Waals surface area contributed by atoms with Crippen molar-refractivity contribution in [3.63, 3.8) is 0 Å². The van der Waals surface area contributed by atoms with E-state index >= 15 is 0 Å². The number of piperidine rings is 1. The van der Waals surface area contributed by atoms with Gasteiger partial charge in [0.2, 0.25) is 0 Å². The molecule has 0 bridgehead atoms. The Morgan fingerprint density at radius 2 is 1.89 bits per heavy atom. The number of hydrogen-bond donors (Lipinski definition) is 1.